The molecule has 3 aromatic rings. The first-order valence-electron chi connectivity index (χ1n) is 5.41. The lowest BCUT2D eigenvalue weighted by Gasteiger charge is -1.88. The Morgan fingerprint density at radius 2 is 2.21 bits per heavy atom. The fourth-order valence-corrected chi connectivity index (χ4v) is 1.71. The maximum absolute atomic E-state index is 10.4. The number of aliphatic imine (C=N–C) groups is 1. The summed E-state index contributed by atoms with van der Waals surface area (Å²) in [6.07, 6.45) is 3.36. The number of nitrogens with one attached hydrogen (secondary N) is 2. The van der Waals surface area contributed by atoms with Gasteiger partial charge in [-0.1, -0.05) is 23.3 Å². The minimum Gasteiger partial charge on any atom is -0.390 e. The molecule has 2 N–H and O–H groups in total. The Morgan fingerprint density at radius 1 is 1.37 bits per heavy atom. The molecule has 0 aliphatic rings. The van der Waals surface area contributed by atoms with Gasteiger partial charge in [0, 0.05) is 28.9 Å². The third-order valence-corrected chi connectivity index (χ3v) is 2.58. The van der Waals surface area contributed by atoms with Gasteiger partial charge in [-0.2, -0.15) is 0 Å². The van der Waals surface area contributed by atoms with E-state index < -0.39 is 10.9 Å². The number of benzene rings is 1. The Kier molecular flexibility index (Phi) is 2.53. The van der Waals surface area contributed by atoms with Gasteiger partial charge in [0.15, 0.2) is 0 Å². The van der Waals surface area contributed by atoms with Crippen molar-refractivity contribution in [2.45, 2.75) is 0 Å². The zero-order valence-electron chi connectivity index (χ0n) is 9.57. The lowest BCUT2D eigenvalue weighted by molar-refractivity contribution is -0.394. The maximum Gasteiger partial charge on any atom is 0.455 e. The van der Waals surface area contributed by atoms with Crippen molar-refractivity contribution in [3.05, 3.63) is 46.1 Å². The Labute approximate surface area is 106 Å². The smallest absolute Gasteiger partial charge is 0.390 e. The minimum atomic E-state index is -0.655. The second kappa shape index (κ2) is 4.33. The Bertz CT molecular complexity index is 772. The number of H-pyrrole nitrogens is 2. The molecule has 0 saturated heterocycles. The van der Waals surface area contributed by atoms with E-state index in [1.165, 1.54) is 0 Å². The van der Waals surface area contributed by atoms with Crippen LogP contribution < -0.4 is 0 Å². The number of fused-ring (bicyclic) bond motifs is 1. The summed E-state index contributed by atoms with van der Waals surface area (Å²) in [7, 11) is 0. The third kappa shape index (κ3) is 2.06. The first-order valence-corrected chi connectivity index (χ1v) is 5.41. The van der Waals surface area contributed by atoms with Crippen molar-refractivity contribution < 1.29 is 4.92 Å². The second-order valence-corrected chi connectivity index (χ2v) is 3.76. The van der Waals surface area contributed by atoms with Crippen LogP contribution in [-0.4, -0.2) is 31.3 Å². The van der Waals surface area contributed by atoms with E-state index in [1.807, 2.05) is 24.3 Å². The molecule has 0 amide bonds. The molecule has 8 nitrogen and oxygen atoms in total. The summed E-state index contributed by atoms with van der Waals surface area (Å²) in [6.45, 7) is 0. The Morgan fingerprint density at radius 3 is 3.00 bits per heavy atom. The molecule has 0 radical (unpaired) electrons. The van der Waals surface area contributed by atoms with Crippen LogP contribution in [0, 0.1) is 10.1 Å². The summed E-state index contributed by atoms with van der Waals surface area (Å²) in [5.41, 5.74) is 1.85. The highest BCUT2D eigenvalue weighted by molar-refractivity contribution is 5.99. The number of hydrogen-bond donors (Lipinski definition) is 2. The van der Waals surface area contributed by atoms with E-state index in [0.717, 1.165) is 16.5 Å². The first-order chi connectivity index (χ1) is 9.24. The number of aromatic amines is 2. The van der Waals surface area contributed by atoms with Crippen molar-refractivity contribution in [3.8, 4) is 0 Å². The molecule has 0 unspecified atom stereocenters. The molecule has 1 aromatic carbocycles. The fourth-order valence-electron chi connectivity index (χ4n) is 1.71. The summed E-state index contributed by atoms with van der Waals surface area (Å²) in [6, 6.07) is 7.75. The molecule has 3 rings (SSSR count). The molecule has 0 atom stereocenters. The third-order valence-electron chi connectivity index (χ3n) is 2.58. The largest absolute Gasteiger partial charge is 0.455 e. The summed E-state index contributed by atoms with van der Waals surface area (Å²) >= 11 is 0. The number of rotatable bonds is 3. The van der Waals surface area contributed by atoms with E-state index in [0.29, 0.717) is 0 Å². The van der Waals surface area contributed by atoms with Crippen molar-refractivity contribution in [1.29, 1.82) is 0 Å². The van der Waals surface area contributed by atoms with Crippen molar-refractivity contribution in [2.75, 3.05) is 0 Å². The van der Waals surface area contributed by atoms with E-state index in [2.05, 4.69) is 25.2 Å². The van der Waals surface area contributed by atoms with Crippen LogP contribution >= 0.6 is 0 Å². The van der Waals surface area contributed by atoms with Gasteiger partial charge in [-0.3, -0.25) is 0 Å². The molecule has 8 heteroatoms. The van der Waals surface area contributed by atoms with Crippen LogP contribution in [0.1, 0.15) is 5.56 Å². The molecule has 2 heterocycles. The molecular weight excluding hydrogens is 248 g/mol. The fraction of sp³-hybridized carbons (Fsp3) is 0. The average Bonchev–Trinajstić information content (AvgIpc) is 3.03. The van der Waals surface area contributed by atoms with E-state index in [9.17, 15) is 10.1 Å². The van der Waals surface area contributed by atoms with Gasteiger partial charge in [-0.05, 0) is 16.0 Å². The molecule has 0 spiro atoms. The van der Waals surface area contributed by atoms with Gasteiger partial charge < -0.3 is 15.1 Å². The molecule has 94 valence electrons. The molecule has 2 aromatic heterocycles. The maximum atomic E-state index is 10.4. The van der Waals surface area contributed by atoms with Crippen molar-refractivity contribution in [2.24, 2.45) is 4.99 Å². The highest BCUT2D eigenvalue weighted by Gasteiger charge is 2.12. The van der Waals surface area contributed by atoms with Crippen molar-refractivity contribution in [3.63, 3.8) is 0 Å². The van der Waals surface area contributed by atoms with E-state index in [-0.39, 0.29) is 5.95 Å². The average molecular weight is 256 g/mol. The Balaban J connectivity index is 1.91. The SMILES string of the molecule is O=[N+]([O-])c1nc(N=Cc2c[nH]c3ccccc23)n[nH]1. The lowest BCUT2D eigenvalue weighted by Crippen LogP contribution is -1.88. The molecule has 0 bridgehead atoms. The zero-order valence-corrected chi connectivity index (χ0v) is 9.57. The number of nitrogens with zero attached hydrogens (tertiary/aromatic N) is 4. The van der Waals surface area contributed by atoms with E-state index >= 15 is 0 Å². The molecule has 0 aliphatic carbocycles. The van der Waals surface area contributed by atoms with Gasteiger partial charge in [0.05, 0.1) is 0 Å². The summed E-state index contributed by atoms with van der Waals surface area (Å²) in [5, 5.41) is 17.3. The van der Waals surface area contributed by atoms with Crippen LogP contribution in [0.2, 0.25) is 0 Å². The molecule has 19 heavy (non-hydrogen) atoms. The summed E-state index contributed by atoms with van der Waals surface area (Å²) in [4.78, 5) is 20.5. The highest BCUT2D eigenvalue weighted by atomic mass is 16.6. The molecule has 0 saturated carbocycles. The molecular formula is C11H8N6O2. The van der Waals surface area contributed by atoms with Crippen molar-refractivity contribution in [1.82, 2.24) is 20.2 Å². The van der Waals surface area contributed by atoms with Crippen LogP contribution in [-0.2, 0) is 0 Å². The summed E-state index contributed by atoms with van der Waals surface area (Å²) in [5.74, 6) is -0.400. The predicted molar refractivity (Wildman–Crippen MR) is 68.6 cm³/mol. The standard InChI is InChI=1S/C11H8N6O2/c18-17(19)11-14-10(15-16-11)13-6-7-5-12-9-4-2-1-3-8(7)9/h1-6,12H,(H,14,15,16). The van der Waals surface area contributed by atoms with Gasteiger partial charge >= 0.3 is 11.9 Å². The topological polar surface area (TPSA) is 113 Å². The lowest BCUT2D eigenvalue weighted by atomic mass is 10.2. The van der Waals surface area contributed by atoms with E-state index in [4.69, 9.17) is 0 Å². The number of nitro groups is 1. The van der Waals surface area contributed by atoms with Gasteiger partial charge in [-0.15, -0.1) is 5.10 Å². The van der Waals surface area contributed by atoms with E-state index in [1.54, 1.807) is 12.4 Å². The minimum absolute atomic E-state index is 0.0250. The van der Waals surface area contributed by atoms with Gasteiger partial charge in [0.25, 0.3) is 0 Å². The molecule has 0 aliphatic heterocycles. The van der Waals surface area contributed by atoms with Crippen LogP contribution in [0.25, 0.3) is 10.9 Å². The highest BCUT2D eigenvalue weighted by Crippen LogP contribution is 2.16. The van der Waals surface area contributed by atoms with Gasteiger partial charge in [-0.25, -0.2) is 4.99 Å². The zero-order chi connectivity index (χ0) is 13.2. The number of aromatic nitrogens is 4. The Hall–Kier alpha value is -3.03. The van der Waals surface area contributed by atoms with Crippen LogP contribution in [0.15, 0.2) is 35.5 Å². The molecule has 0 fully saturated rings. The quantitative estimate of drug-likeness (QED) is 0.423. The van der Waals surface area contributed by atoms with Gasteiger partial charge in [0.1, 0.15) is 0 Å². The summed E-state index contributed by atoms with van der Waals surface area (Å²) < 4.78 is 0. The van der Waals surface area contributed by atoms with Crippen LogP contribution in [0.3, 0.4) is 0 Å². The second-order valence-electron chi connectivity index (χ2n) is 3.76. The normalized spacial score (nSPS) is 11.4. The first kappa shape index (κ1) is 11.1. The predicted octanol–water partition coefficient (Wildman–Crippen LogP) is 1.94. The van der Waals surface area contributed by atoms with Crippen molar-refractivity contribution >= 4 is 29.0 Å². The number of para-hydroxylation sites is 1. The van der Waals surface area contributed by atoms with Crippen LogP contribution in [0.5, 0.6) is 0 Å². The monoisotopic (exact) mass is 256 g/mol. The van der Waals surface area contributed by atoms with Gasteiger partial charge in [0.2, 0.25) is 0 Å². The van der Waals surface area contributed by atoms with Crippen LogP contribution in [0.4, 0.5) is 11.9 Å². The number of hydrogen-bond acceptors (Lipinski definition) is 5.